The molecule has 0 spiro atoms. The van der Waals surface area contributed by atoms with Gasteiger partial charge >= 0.3 is 5.97 Å². The van der Waals surface area contributed by atoms with Crippen molar-refractivity contribution in [1.82, 2.24) is 9.69 Å². The van der Waals surface area contributed by atoms with Gasteiger partial charge in [0.25, 0.3) is 11.8 Å². The lowest BCUT2D eigenvalue weighted by Gasteiger charge is -2.29. The van der Waals surface area contributed by atoms with Crippen LogP contribution in [0.15, 0.2) is 30.2 Å². The van der Waals surface area contributed by atoms with E-state index in [2.05, 4.69) is 20.3 Å². The van der Waals surface area contributed by atoms with Gasteiger partial charge in [-0.1, -0.05) is 6.92 Å². The molecule has 1 aliphatic heterocycles. The number of halogens is 2. The van der Waals surface area contributed by atoms with Gasteiger partial charge in [0, 0.05) is 18.2 Å². The molecule has 4 N–H and O–H groups in total. The number of nitrogens with one attached hydrogen (secondary N) is 3. The van der Waals surface area contributed by atoms with E-state index >= 15 is 0 Å². The number of carbonyl (C=O) groups excluding carboxylic acids is 1. The molecule has 1 aliphatic rings. The second-order valence-corrected chi connectivity index (χ2v) is 6.69. The third-order valence-electron chi connectivity index (χ3n) is 4.01. The molecule has 1 aromatic heterocycles. The lowest BCUT2D eigenvalue weighted by Crippen LogP contribution is -2.48. The summed E-state index contributed by atoms with van der Waals surface area (Å²) in [6, 6.07) is 3.01. The fourth-order valence-electron chi connectivity index (χ4n) is 2.53. The highest BCUT2D eigenvalue weighted by atomic mass is 32.1. The molecule has 2 aromatic rings. The molecule has 0 radical (unpaired) electrons. The molecule has 11 heteroatoms. The predicted molar refractivity (Wildman–Crippen MR) is 97.7 cm³/mol. The van der Waals surface area contributed by atoms with Crippen LogP contribution >= 0.6 is 11.5 Å². The number of anilines is 2. The van der Waals surface area contributed by atoms with Crippen molar-refractivity contribution in [2.24, 2.45) is 0 Å². The number of aryl methyl sites for hydroxylation is 1. The first kappa shape index (κ1) is 19.5. The maximum atomic E-state index is 13.4. The van der Waals surface area contributed by atoms with Gasteiger partial charge in [-0.15, -0.1) is 0 Å². The summed E-state index contributed by atoms with van der Waals surface area (Å²) in [7, 11) is 0. The smallest absolute Gasteiger partial charge is 0.372 e. The van der Waals surface area contributed by atoms with E-state index in [1.165, 1.54) is 12.3 Å². The fraction of sp³-hybridized carbons (Fsp3) is 0.235. The molecule has 0 bridgehead atoms. The minimum atomic E-state index is -1.26. The van der Waals surface area contributed by atoms with Crippen molar-refractivity contribution in [1.29, 1.82) is 0 Å². The van der Waals surface area contributed by atoms with Gasteiger partial charge < -0.3 is 25.8 Å². The number of rotatable bonds is 6. The number of aliphatic carboxylic acids is 1. The van der Waals surface area contributed by atoms with Crippen molar-refractivity contribution in [3.8, 4) is 0 Å². The van der Waals surface area contributed by atoms with Gasteiger partial charge in [-0.2, -0.15) is 4.37 Å². The fourth-order valence-corrected chi connectivity index (χ4v) is 3.39. The van der Waals surface area contributed by atoms with E-state index in [0.717, 1.165) is 23.7 Å². The molecule has 2 heterocycles. The van der Waals surface area contributed by atoms with Crippen LogP contribution in [0, 0.1) is 18.6 Å². The van der Waals surface area contributed by atoms with Crippen LogP contribution in [0.25, 0.3) is 0 Å². The average Bonchev–Trinajstić information content (AvgIpc) is 3.23. The third kappa shape index (κ3) is 3.74. The summed E-state index contributed by atoms with van der Waals surface area (Å²) in [4.78, 5) is 23.8. The SMILES string of the molecule is CCC1(Nc2snc(C)c2C(=O)Nc2ccc(F)c(F)c2)NC=C(C(=O)O)O1. The van der Waals surface area contributed by atoms with Crippen LogP contribution in [0.4, 0.5) is 19.5 Å². The van der Waals surface area contributed by atoms with Crippen molar-refractivity contribution in [3.05, 3.63) is 53.1 Å². The van der Waals surface area contributed by atoms with E-state index in [9.17, 15) is 18.4 Å². The molecule has 8 nitrogen and oxygen atoms in total. The van der Waals surface area contributed by atoms with Gasteiger partial charge in [0.1, 0.15) is 5.00 Å². The number of amides is 1. The van der Waals surface area contributed by atoms with E-state index in [0.29, 0.717) is 17.1 Å². The molecule has 1 amide bonds. The van der Waals surface area contributed by atoms with Gasteiger partial charge in [-0.05, 0) is 30.6 Å². The van der Waals surface area contributed by atoms with Crippen molar-refractivity contribution < 1.29 is 28.2 Å². The summed E-state index contributed by atoms with van der Waals surface area (Å²) in [6.07, 6.45) is 1.54. The zero-order valence-electron chi connectivity index (χ0n) is 14.8. The molecule has 1 unspecified atom stereocenters. The number of aromatic nitrogens is 1. The molecule has 1 atom stereocenters. The molecule has 0 fully saturated rings. The molecule has 3 rings (SSSR count). The Kier molecular flexibility index (Phi) is 5.18. The lowest BCUT2D eigenvalue weighted by molar-refractivity contribution is -0.138. The second kappa shape index (κ2) is 7.43. The van der Waals surface area contributed by atoms with Crippen LogP contribution in [-0.2, 0) is 9.53 Å². The molecule has 148 valence electrons. The van der Waals surface area contributed by atoms with Gasteiger partial charge in [0.05, 0.1) is 17.5 Å². The first-order chi connectivity index (χ1) is 13.2. The largest absolute Gasteiger partial charge is 0.475 e. The molecule has 0 saturated carbocycles. The van der Waals surface area contributed by atoms with Gasteiger partial charge in [-0.25, -0.2) is 13.6 Å². The molecular formula is C17H16F2N4O4S. The molecule has 28 heavy (non-hydrogen) atoms. The standard InChI is InChI=1S/C17H16F2N4O4S/c1-3-17(20-7-12(27-17)16(25)26)22-15-13(8(2)23-28-15)14(24)21-9-4-5-10(18)11(19)6-9/h4-7,20,22H,3H2,1-2H3,(H,21,24)(H,25,26). The minimum absolute atomic E-state index is 0.0794. The van der Waals surface area contributed by atoms with Gasteiger partial charge in [-0.3, -0.25) is 4.79 Å². The van der Waals surface area contributed by atoms with E-state index in [1.807, 2.05) is 0 Å². The number of carbonyl (C=O) groups is 2. The first-order valence-electron chi connectivity index (χ1n) is 8.15. The maximum Gasteiger partial charge on any atom is 0.372 e. The van der Waals surface area contributed by atoms with Crippen molar-refractivity contribution in [2.75, 3.05) is 10.6 Å². The van der Waals surface area contributed by atoms with E-state index < -0.39 is 29.4 Å². The minimum Gasteiger partial charge on any atom is -0.475 e. The van der Waals surface area contributed by atoms with Crippen molar-refractivity contribution in [2.45, 2.75) is 26.1 Å². The third-order valence-corrected chi connectivity index (χ3v) is 4.87. The van der Waals surface area contributed by atoms with E-state index in [-0.39, 0.29) is 17.0 Å². The number of carboxylic acid groups (broad SMARTS) is 1. The van der Waals surface area contributed by atoms with Gasteiger partial charge in [0.2, 0.25) is 5.76 Å². The quantitative estimate of drug-likeness (QED) is 0.579. The Morgan fingerprint density at radius 2 is 2.11 bits per heavy atom. The number of benzene rings is 1. The Morgan fingerprint density at radius 1 is 1.36 bits per heavy atom. The van der Waals surface area contributed by atoms with Crippen LogP contribution in [0.2, 0.25) is 0 Å². The molecule has 0 saturated heterocycles. The maximum absolute atomic E-state index is 13.4. The Hall–Kier alpha value is -3.21. The Balaban J connectivity index is 1.82. The van der Waals surface area contributed by atoms with Gasteiger partial charge in [0.15, 0.2) is 11.6 Å². The van der Waals surface area contributed by atoms with Crippen molar-refractivity contribution in [3.63, 3.8) is 0 Å². The summed E-state index contributed by atoms with van der Waals surface area (Å²) < 4.78 is 36.0. The normalized spacial score (nSPS) is 18.1. The zero-order valence-corrected chi connectivity index (χ0v) is 15.6. The second-order valence-electron chi connectivity index (χ2n) is 5.92. The average molecular weight is 410 g/mol. The van der Waals surface area contributed by atoms with E-state index in [4.69, 9.17) is 9.84 Å². The number of hydrogen-bond donors (Lipinski definition) is 4. The van der Waals surface area contributed by atoms with Crippen LogP contribution in [-0.4, -0.2) is 27.2 Å². The molecular weight excluding hydrogens is 394 g/mol. The molecule has 0 aliphatic carbocycles. The highest BCUT2D eigenvalue weighted by Gasteiger charge is 2.38. The Morgan fingerprint density at radius 3 is 2.71 bits per heavy atom. The summed E-state index contributed by atoms with van der Waals surface area (Å²) in [6.45, 7) is 3.37. The Bertz CT molecular complexity index is 978. The summed E-state index contributed by atoms with van der Waals surface area (Å²) in [5, 5.41) is 17.7. The number of nitrogens with zero attached hydrogens (tertiary/aromatic N) is 1. The summed E-state index contributed by atoms with van der Waals surface area (Å²) in [5.41, 5.74) is 0.663. The number of carboxylic acids is 1. The zero-order chi connectivity index (χ0) is 20.5. The first-order valence-corrected chi connectivity index (χ1v) is 8.93. The number of hydrogen-bond acceptors (Lipinski definition) is 7. The highest BCUT2D eigenvalue weighted by molar-refractivity contribution is 7.10. The highest BCUT2D eigenvalue weighted by Crippen LogP contribution is 2.32. The topological polar surface area (TPSA) is 113 Å². The van der Waals surface area contributed by atoms with Crippen LogP contribution in [0.5, 0.6) is 0 Å². The summed E-state index contributed by atoms with van der Waals surface area (Å²) >= 11 is 0.984. The van der Waals surface area contributed by atoms with Crippen LogP contribution < -0.4 is 16.0 Å². The van der Waals surface area contributed by atoms with Crippen molar-refractivity contribution >= 4 is 34.1 Å². The number of ether oxygens (including phenoxy) is 1. The van der Waals surface area contributed by atoms with E-state index in [1.54, 1.807) is 13.8 Å². The van der Waals surface area contributed by atoms with Crippen LogP contribution in [0.3, 0.4) is 0 Å². The Labute approximate surface area is 162 Å². The summed E-state index contributed by atoms with van der Waals surface area (Å²) in [5.74, 6) is -5.47. The predicted octanol–water partition coefficient (Wildman–Crippen LogP) is 3.00. The van der Waals surface area contributed by atoms with Crippen LogP contribution in [0.1, 0.15) is 29.4 Å². The lowest BCUT2D eigenvalue weighted by atomic mass is 10.2. The molecule has 1 aromatic carbocycles. The monoisotopic (exact) mass is 410 g/mol.